The lowest BCUT2D eigenvalue weighted by molar-refractivity contribution is -0.125. The summed E-state index contributed by atoms with van der Waals surface area (Å²) in [6, 6.07) is 7.23. The topological polar surface area (TPSA) is 108 Å². The average molecular weight is 313 g/mol. The van der Waals surface area contributed by atoms with Gasteiger partial charge in [-0.2, -0.15) is 0 Å². The van der Waals surface area contributed by atoms with Crippen LogP contribution in [0.1, 0.15) is 0 Å². The number of hydrogen-bond acceptors (Lipinski definition) is 6. The number of nitrogens with one attached hydrogen (secondary N) is 1. The number of aromatic nitrogens is 4. The first-order chi connectivity index (χ1) is 9.65. The van der Waals surface area contributed by atoms with Crippen LogP contribution in [0.2, 0.25) is 0 Å². The van der Waals surface area contributed by atoms with E-state index >= 15 is 0 Å². The van der Waals surface area contributed by atoms with Crippen LogP contribution in [-0.2, 0) is 16.6 Å². The number of carbonyl (C=O) groups excluding carboxylic acids is 1. The summed E-state index contributed by atoms with van der Waals surface area (Å²) >= 11 is 0. The fraction of sp³-hybridized carbons (Fsp3) is 0.333. The van der Waals surface area contributed by atoms with Gasteiger partial charge >= 0.3 is 0 Å². The molecule has 0 aliphatic heterocycles. The molecule has 2 rings (SSSR count). The molecule has 1 aromatic heterocycles. The third-order valence-electron chi connectivity index (χ3n) is 2.80. The number of hydrogen-bond donors (Lipinski definition) is 2. The predicted octanol–water partition coefficient (Wildman–Crippen LogP) is 0.211. The van der Waals surface area contributed by atoms with Crippen LogP contribution in [0.4, 0.5) is 5.69 Å². The second-order valence-corrected chi connectivity index (χ2v) is 4.16. The number of amides is 1. The van der Waals surface area contributed by atoms with Crippen LogP contribution in [0.15, 0.2) is 24.3 Å². The van der Waals surface area contributed by atoms with Crippen molar-refractivity contribution in [3.05, 3.63) is 24.3 Å². The van der Waals surface area contributed by atoms with Gasteiger partial charge in [-0.05, 0) is 22.6 Å². The highest BCUT2D eigenvalue weighted by atomic mass is 35.5. The maximum atomic E-state index is 11.9. The molecule has 1 heterocycles. The van der Waals surface area contributed by atoms with Crippen LogP contribution >= 0.6 is 12.4 Å². The molecule has 0 saturated carbocycles. The Hall–Kier alpha value is -2.03. The third kappa shape index (κ3) is 3.97. The minimum absolute atomic E-state index is 0. The van der Waals surface area contributed by atoms with Crippen molar-refractivity contribution < 1.29 is 9.53 Å². The summed E-state index contributed by atoms with van der Waals surface area (Å²) in [5.74, 6) is 0.325. The zero-order chi connectivity index (χ0) is 14.5. The fourth-order valence-electron chi connectivity index (χ4n) is 1.74. The van der Waals surface area contributed by atoms with Crippen molar-refractivity contribution in [2.45, 2.75) is 6.10 Å². The molecule has 0 aliphatic carbocycles. The number of halogens is 1. The third-order valence-corrected chi connectivity index (χ3v) is 2.80. The van der Waals surface area contributed by atoms with Gasteiger partial charge in [-0.15, -0.1) is 17.5 Å². The van der Waals surface area contributed by atoms with Crippen molar-refractivity contribution in [3.8, 4) is 11.4 Å². The van der Waals surface area contributed by atoms with Gasteiger partial charge in [0.2, 0.25) is 0 Å². The van der Waals surface area contributed by atoms with E-state index in [-0.39, 0.29) is 24.9 Å². The number of carbonyl (C=O) groups is 1. The van der Waals surface area contributed by atoms with Crippen LogP contribution in [0.25, 0.3) is 11.4 Å². The molecule has 0 saturated heterocycles. The molecule has 1 atom stereocenters. The molecule has 1 aromatic carbocycles. The first kappa shape index (κ1) is 17.0. The quantitative estimate of drug-likeness (QED) is 0.817. The summed E-state index contributed by atoms with van der Waals surface area (Å²) < 4.78 is 6.54. The second kappa shape index (κ2) is 7.67. The van der Waals surface area contributed by atoms with Gasteiger partial charge in [-0.1, -0.05) is 12.1 Å². The maximum Gasteiger partial charge on any atom is 0.254 e. The number of anilines is 1. The number of methoxy groups -OCH3 is 1. The van der Waals surface area contributed by atoms with Crippen molar-refractivity contribution >= 4 is 24.0 Å². The minimum Gasteiger partial charge on any atom is -0.370 e. The molecule has 9 heteroatoms. The largest absolute Gasteiger partial charge is 0.370 e. The molecule has 8 nitrogen and oxygen atoms in total. The van der Waals surface area contributed by atoms with E-state index in [1.807, 2.05) is 12.1 Å². The number of tetrazole rings is 1. The van der Waals surface area contributed by atoms with Crippen LogP contribution < -0.4 is 11.1 Å². The molecule has 0 aliphatic rings. The Morgan fingerprint density at radius 1 is 1.52 bits per heavy atom. The average Bonchev–Trinajstić information content (AvgIpc) is 2.86. The van der Waals surface area contributed by atoms with Crippen LogP contribution in [0, 0.1) is 0 Å². The molecule has 2 aromatic rings. The monoisotopic (exact) mass is 312 g/mol. The van der Waals surface area contributed by atoms with E-state index in [2.05, 4.69) is 20.8 Å². The number of ether oxygens (including phenoxy) is 1. The van der Waals surface area contributed by atoms with Crippen molar-refractivity contribution in [1.82, 2.24) is 20.2 Å². The van der Waals surface area contributed by atoms with Crippen molar-refractivity contribution in [2.75, 3.05) is 19.0 Å². The molecular formula is C12H17ClN6O2. The Morgan fingerprint density at radius 2 is 2.29 bits per heavy atom. The van der Waals surface area contributed by atoms with Gasteiger partial charge in [0.05, 0.1) is 0 Å². The van der Waals surface area contributed by atoms with E-state index < -0.39 is 6.10 Å². The van der Waals surface area contributed by atoms with Gasteiger partial charge in [-0.25, -0.2) is 4.68 Å². The number of nitrogens with zero attached hydrogens (tertiary/aromatic N) is 4. The zero-order valence-corrected chi connectivity index (χ0v) is 12.5. The summed E-state index contributed by atoms with van der Waals surface area (Å²) in [7, 11) is 3.19. The normalized spacial score (nSPS) is 11.6. The second-order valence-electron chi connectivity index (χ2n) is 4.16. The van der Waals surface area contributed by atoms with E-state index in [9.17, 15) is 4.79 Å². The van der Waals surface area contributed by atoms with Crippen LogP contribution in [-0.4, -0.2) is 45.9 Å². The maximum absolute atomic E-state index is 11.9. The number of benzene rings is 1. The lowest BCUT2D eigenvalue weighted by Gasteiger charge is -2.13. The summed E-state index contributed by atoms with van der Waals surface area (Å²) in [5.41, 5.74) is 6.88. The summed E-state index contributed by atoms with van der Waals surface area (Å²) in [5, 5.41) is 14.0. The molecule has 0 spiro atoms. The van der Waals surface area contributed by atoms with Crippen molar-refractivity contribution in [3.63, 3.8) is 0 Å². The predicted molar refractivity (Wildman–Crippen MR) is 80.0 cm³/mol. The van der Waals surface area contributed by atoms with E-state index in [1.54, 1.807) is 23.9 Å². The molecule has 21 heavy (non-hydrogen) atoms. The Kier molecular flexibility index (Phi) is 6.22. The van der Waals surface area contributed by atoms with Gasteiger partial charge in [0.15, 0.2) is 5.82 Å². The van der Waals surface area contributed by atoms with Gasteiger partial charge in [0, 0.05) is 32.0 Å². The smallest absolute Gasteiger partial charge is 0.254 e. The fourth-order valence-corrected chi connectivity index (χ4v) is 1.74. The molecule has 0 fully saturated rings. The molecule has 1 unspecified atom stereocenters. The van der Waals surface area contributed by atoms with E-state index in [0.29, 0.717) is 11.5 Å². The number of aryl methyl sites for hydroxylation is 1. The van der Waals surface area contributed by atoms with Crippen molar-refractivity contribution in [1.29, 1.82) is 0 Å². The summed E-state index contributed by atoms with van der Waals surface area (Å²) in [6.07, 6.45) is -0.671. The van der Waals surface area contributed by atoms with E-state index in [0.717, 1.165) is 5.56 Å². The van der Waals surface area contributed by atoms with E-state index in [4.69, 9.17) is 10.5 Å². The zero-order valence-electron chi connectivity index (χ0n) is 11.7. The molecule has 0 radical (unpaired) electrons. The Morgan fingerprint density at radius 3 is 2.86 bits per heavy atom. The highest BCUT2D eigenvalue weighted by molar-refractivity contribution is 5.94. The van der Waals surface area contributed by atoms with E-state index in [1.165, 1.54) is 7.11 Å². The lowest BCUT2D eigenvalue weighted by Crippen LogP contribution is -2.35. The van der Waals surface area contributed by atoms with Gasteiger partial charge < -0.3 is 15.8 Å². The van der Waals surface area contributed by atoms with Gasteiger partial charge in [-0.3, -0.25) is 4.79 Å². The minimum atomic E-state index is -0.671. The summed E-state index contributed by atoms with van der Waals surface area (Å²) in [6.45, 7) is 0.120. The Bertz CT molecular complexity index is 599. The number of nitrogens with two attached hydrogens (primary N) is 1. The van der Waals surface area contributed by atoms with Crippen molar-refractivity contribution in [2.24, 2.45) is 12.8 Å². The first-order valence-corrected chi connectivity index (χ1v) is 6.02. The molecule has 3 N–H and O–H groups in total. The molecule has 114 valence electrons. The van der Waals surface area contributed by atoms with Gasteiger partial charge in [0.25, 0.3) is 5.91 Å². The highest BCUT2D eigenvalue weighted by Gasteiger charge is 2.16. The Balaban J connectivity index is 0.00000220. The first-order valence-electron chi connectivity index (χ1n) is 6.02. The van der Waals surface area contributed by atoms with Crippen LogP contribution in [0.3, 0.4) is 0 Å². The van der Waals surface area contributed by atoms with Crippen LogP contribution in [0.5, 0.6) is 0 Å². The molecular weight excluding hydrogens is 296 g/mol. The number of rotatable bonds is 5. The lowest BCUT2D eigenvalue weighted by atomic mass is 10.2. The highest BCUT2D eigenvalue weighted by Crippen LogP contribution is 2.19. The Labute approximate surface area is 128 Å². The molecule has 1 amide bonds. The SMILES string of the molecule is COC(CN)C(=O)Nc1cccc(-c2nnnn2C)c1.Cl. The summed E-state index contributed by atoms with van der Waals surface area (Å²) in [4.78, 5) is 11.9. The van der Waals surface area contributed by atoms with Gasteiger partial charge in [0.1, 0.15) is 6.10 Å². The molecule has 0 bridgehead atoms. The standard InChI is InChI=1S/C12H16N6O2.ClH/c1-18-11(15-16-17-18)8-4-3-5-9(6-8)14-12(19)10(7-13)20-2;/h3-6,10H,7,13H2,1-2H3,(H,14,19);1H.